The van der Waals surface area contributed by atoms with Crippen molar-refractivity contribution in [2.45, 2.75) is 110 Å². The molecule has 0 N–H and O–H groups in total. The highest BCUT2D eigenvalue weighted by Gasteiger charge is 2.42. The van der Waals surface area contributed by atoms with Crippen molar-refractivity contribution in [3.05, 3.63) is 83.2 Å². The standard InChI is InChI=1S/C34H40F6N4O3/c1-6-26-16-28(17-27(7-2)44(26)31(45)47-32(3,4)5)43(20-23-13-24(33(35,36)37)15-25(14-23)34(38,39)40)30-41-18-29(19-42-30)46-21-22-11-9-8-10-12-22/h8-15,18-19,26-28H,6-7,16-17,20-21H2,1-5H3/t26-,27+,28?. The summed E-state index contributed by atoms with van der Waals surface area (Å²) >= 11 is 0. The summed E-state index contributed by atoms with van der Waals surface area (Å²) in [4.78, 5) is 25.5. The highest BCUT2D eigenvalue weighted by molar-refractivity contribution is 5.69. The molecule has 1 aliphatic heterocycles. The van der Waals surface area contributed by atoms with Crippen molar-refractivity contribution in [3.63, 3.8) is 0 Å². The first-order valence-corrected chi connectivity index (χ1v) is 15.5. The molecule has 1 saturated heterocycles. The van der Waals surface area contributed by atoms with Crippen LogP contribution >= 0.6 is 0 Å². The molecule has 3 atom stereocenters. The van der Waals surface area contributed by atoms with E-state index in [0.717, 1.165) is 17.7 Å². The second-order valence-corrected chi connectivity index (χ2v) is 12.7. The number of amides is 1. The largest absolute Gasteiger partial charge is 0.486 e. The van der Waals surface area contributed by atoms with E-state index in [4.69, 9.17) is 9.47 Å². The molecule has 4 rings (SSSR count). The van der Waals surface area contributed by atoms with Gasteiger partial charge in [0.1, 0.15) is 12.2 Å². The Bertz CT molecular complexity index is 1430. The van der Waals surface area contributed by atoms with E-state index < -0.39 is 41.2 Å². The van der Waals surface area contributed by atoms with Gasteiger partial charge >= 0.3 is 18.4 Å². The number of nitrogens with zero attached hydrogens (tertiary/aromatic N) is 4. The zero-order chi connectivity index (χ0) is 34.6. The van der Waals surface area contributed by atoms with Gasteiger partial charge in [-0.15, -0.1) is 0 Å². The van der Waals surface area contributed by atoms with Gasteiger partial charge < -0.3 is 19.3 Å². The fourth-order valence-corrected chi connectivity index (χ4v) is 5.79. The number of hydrogen-bond acceptors (Lipinski definition) is 6. The Balaban J connectivity index is 1.71. The molecule has 0 spiro atoms. The summed E-state index contributed by atoms with van der Waals surface area (Å²) in [5, 5.41) is 0. The SMILES string of the molecule is CC[C@@H]1CC(N(Cc2cc(C(F)(F)F)cc(C(F)(F)F)c2)c2ncc(OCc3ccccc3)cn2)C[C@H](CC)N1C(=O)OC(C)(C)C. The molecule has 13 heteroatoms. The number of carbonyl (C=O) groups is 1. The Labute approximate surface area is 270 Å². The number of piperidine rings is 1. The van der Waals surface area contributed by atoms with Crippen molar-refractivity contribution in [2.24, 2.45) is 0 Å². The number of benzene rings is 2. The van der Waals surface area contributed by atoms with Crippen LogP contribution in [0.15, 0.2) is 60.9 Å². The Kier molecular flexibility index (Phi) is 11.0. The third kappa shape index (κ3) is 9.51. The zero-order valence-corrected chi connectivity index (χ0v) is 27.0. The summed E-state index contributed by atoms with van der Waals surface area (Å²) in [6.45, 7) is 9.07. The van der Waals surface area contributed by atoms with Gasteiger partial charge in [0.25, 0.3) is 0 Å². The minimum absolute atomic E-state index is 0.114. The summed E-state index contributed by atoms with van der Waals surface area (Å²) in [5.74, 6) is 0.456. The summed E-state index contributed by atoms with van der Waals surface area (Å²) in [7, 11) is 0. The number of aromatic nitrogens is 2. The molecule has 1 aliphatic rings. The van der Waals surface area contributed by atoms with Crippen LogP contribution in [-0.2, 0) is 30.2 Å². The molecule has 1 unspecified atom stereocenters. The maximum Gasteiger partial charge on any atom is 0.416 e. The van der Waals surface area contributed by atoms with Crippen molar-refractivity contribution in [1.82, 2.24) is 14.9 Å². The lowest BCUT2D eigenvalue weighted by atomic mass is 9.87. The number of anilines is 1. The molecule has 0 radical (unpaired) electrons. The third-order valence-corrected chi connectivity index (χ3v) is 7.98. The van der Waals surface area contributed by atoms with Crippen LogP contribution in [0, 0.1) is 0 Å². The first-order valence-electron chi connectivity index (χ1n) is 15.5. The summed E-state index contributed by atoms with van der Waals surface area (Å²) in [6, 6.07) is 9.92. The number of ether oxygens (including phenoxy) is 2. The molecule has 2 aromatic carbocycles. The van der Waals surface area contributed by atoms with Crippen molar-refractivity contribution >= 4 is 12.0 Å². The number of likely N-dealkylation sites (tertiary alicyclic amines) is 1. The van der Waals surface area contributed by atoms with E-state index in [1.54, 1.807) is 30.6 Å². The second kappa shape index (κ2) is 14.4. The molecular formula is C34H40F6N4O3. The van der Waals surface area contributed by atoms with Crippen molar-refractivity contribution in [1.29, 1.82) is 0 Å². The Morgan fingerprint density at radius 3 is 1.85 bits per heavy atom. The monoisotopic (exact) mass is 666 g/mol. The number of hydrogen-bond donors (Lipinski definition) is 0. The quantitative estimate of drug-likeness (QED) is 0.212. The van der Waals surface area contributed by atoms with Crippen LogP contribution in [0.4, 0.5) is 37.1 Å². The van der Waals surface area contributed by atoms with Crippen LogP contribution in [0.25, 0.3) is 0 Å². The van der Waals surface area contributed by atoms with Gasteiger partial charge in [0.05, 0.1) is 23.5 Å². The van der Waals surface area contributed by atoms with E-state index in [0.29, 0.717) is 31.4 Å². The molecule has 0 aliphatic carbocycles. The molecule has 1 fully saturated rings. The number of alkyl halides is 6. The Morgan fingerprint density at radius 2 is 1.38 bits per heavy atom. The minimum Gasteiger partial charge on any atom is -0.486 e. The Hall–Kier alpha value is -4.03. The first-order chi connectivity index (χ1) is 22.0. The molecule has 3 aromatic rings. The van der Waals surface area contributed by atoms with E-state index in [1.807, 2.05) is 44.2 Å². The third-order valence-electron chi connectivity index (χ3n) is 7.98. The molecule has 0 bridgehead atoms. The topological polar surface area (TPSA) is 67.8 Å². The van der Waals surface area contributed by atoms with Crippen LogP contribution in [-0.4, -0.2) is 44.7 Å². The zero-order valence-electron chi connectivity index (χ0n) is 27.0. The lowest BCUT2D eigenvalue weighted by Gasteiger charge is -2.48. The summed E-state index contributed by atoms with van der Waals surface area (Å²) in [6.07, 6.45) is -5.76. The van der Waals surface area contributed by atoms with Gasteiger partial charge in [-0.3, -0.25) is 0 Å². The fourth-order valence-electron chi connectivity index (χ4n) is 5.79. The highest BCUT2D eigenvalue weighted by atomic mass is 19.4. The molecule has 1 amide bonds. The van der Waals surface area contributed by atoms with Crippen LogP contribution in [0.2, 0.25) is 0 Å². The van der Waals surface area contributed by atoms with Gasteiger partial charge in [0.2, 0.25) is 5.95 Å². The molecule has 0 saturated carbocycles. The van der Waals surface area contributed by atoms with Gasteiger partial charge in [0.15, 0.2) is 5.75 Å². The van der Waals surface area contributed by atoms with Crippen molar-refractivity contribution < 1.29 is 40.6 Å². The minimum atomic E-state index is -4.99. The maximum atomic E-state index is 13.8. The van der Waals surface area contributed by atoms with Gasteiger partial charge in [0, 0.05) is 24.7 Å². The summed E-state index contributed by atoms with van der Waals surface area (Å²) in [5.41, 5.74) is -2.81. The summed E-state index contributed by atoms with van der Waals surface area (Å²) < 4.78 is 94.0. The normalized spacial score (nSPS) is 19.0. The first kappa shape index (κ1) is 35.8. The Morgan fingerprint density at radius 1 is 0.851 bits per heavy atom. The van der Waals surface area contributed by atoms with Crippen LogP contribution in [0.3, 0.4) is 0 Å². The molecular weight excluding hydrogens is 626 g/mol. The van der Waals surface area contributed by atoms with Gasteiger partial charge in [-0.05, 0) is 75.8 Å². The van der Waals surface area contributed by atoms with Crippen LogP contribution < -0.4 is 9.64 Å². The van der Waals surface area contributed by atoms with E-state index >= 15 is 0 Å². The lowest BCUT2D eigenvalue weighted by molar-refractivity contribution is -0.143. The van der Waals surface area contributed by atoms with E-state index in [1.165, 1.54) is 12.4 Å². The van der Waals surface area contributed by atoms with E-state index in [9.17, 15) is 31.1 Å². The lowest BCUT2D eigenvalue weighted by Crippen LogP contribution is -2.57. The van der Waals surface area contributed by atoms with Gasteiger partial charge in [-0.1, -0.05) is 44.2 Å². The van der Waals surface area contributed by atoms with Crippen molar-refractivity contribution in [2.75, 3.05) is 4.90 Å². The van der Waals surface area contributed by atoms with Crippen LogP contribution in [0.5, 0.6) is 5.75 Å². The average molecular weight is 667 g/mol. The van der Waals surface area contributed by atoms with Crippen molar-refractivity contribution in [3.8, 4) is 5.75 Å². The predicted octanol–water partition coefficient (Wildman–Crippen LogP) is 9.06. The van der Waals surface area contributed by atoms with E-state index in [-0.39, 0.29) is 42.8 Å². The fraction of sp³-hybridized carbons (Fsp3) is 0.500. The van der Waals surface area contributed by atoms with E-state index in [2.05, 4.69) is 9.97 Å². The molecule has 1 aromatic heterocycles. The molecule has 256 valence electrons. The molecule has 7 nitrogen and oxygen atoms in total. The number of halogens is 6. The molecule has 47 heavy (non-hydrogen) atoms. The van der Waals surface area contributed by atoms with Crippen LogP contribution in [0.1, 0.15) is 82.6 Å². The second-order valence-electron chi connectivity index (χ2n) is 12.7. The molecule has 2 heterocycles. The smallest absolute Gasteiger partial charge is 0.416 e. The number of rotatable bonds is 9. The maximum absolute atomic E-state index is 13.8. The van der Waals surface area contributed by atoms with Gasteiger partial charge in [-0.25, -0.2) is 14.8 Å². The van der Waals surface area contributed by atoms with Gasteiger partial charge in [-0.2, -0.15) is 26.3 Å². The average Bonchev–Trinajstić information content (AvgIpc) is 3.01. The predicted molar refractivity (Wildman–Crippen MR) is 165 cm³/mol. The highest BCUT2D eigenvalue weighted by Crippen LogP contribution is 2.38. The number of carbonyl (C=O) groups excluding carboxylic acids is 1.